The molecule has 112 valence electrons. The molecule has 0 radical (unpaired) electrons. The van der Waals surface area contributed by atoms with Gasteiger partial charge < -0.3 is 5.32 Å². The van der Waals surface area contributed by atoms with E-state index in [1.807, 2.05) is 32.0 Å². The van der Waals surface area contributed by atoms with Crippen LogP contribution in [0.2, 0.25) is 10.0 Å². The number of hydrogen-bond acceptors (Lipinski definition) is 1. The molecular formula is C17H18Cl2FN. The van der Waals surface area contributed by atoms with E-state index in [1.54, 1.807) is 13.0 Å². The van der Waals surface area contributed by atoms with Crippen LogP contribution < -0.4 is 5.32 Å². The predicted molar refractivity (Wildman–Crippen MR) is 87.9 cm³/mol. The molecule has 0 aliphatic carbocycles. The lowest BCUT2D eigenvalue weighted by atomic mass is 9.93. The van der Waals surface area contributed by atoms with Gasteiger partial charge in [0.2, 0.25) is 0 Å². The summed E-state index contributed by atoms with van der Waals surface area (Å²) in [5.74, 6) is -0.290. The van der Waals surface area contributed by atoms with Crippen molar-refractivity contribution in [3.8, 4) is 0 Å². The Hall–Kier alpha value is -1.09. The van der Waals surface area contributed by atoms with E-state index in [9.17, 15) is 4.39 Å². The molecule has 2 aromatic rings. The second kappa shape index (κ2) is 6.78. The number of nitrogens with one attached hydrogen (secondary N) is 1. The molecule has 21 heavy (non-hydrogen) atoms. The minimum atomic E-state index is -0.290. The average Bonchev–Trinajstić information content (AvgIpc) is 2.43. The molecule has 0 aliphatic rings. The van der Waals surface area contributed by atoms with Gasteiger partial charge in [0.05, 0.1) is 6.04 Å². The maximum absolute atomic E-state index is 13.6. The molecule has 0 spiro atoms. The molecule has 2 rings (SSSR count). The highest BCUT2D eigenvalue weighted by Crippen LogP contribution is 2.33. The second-order valence-corrected chi connectivity index (χ2v) is 5.96. The van der Waals surface area contributed by atoms with Gasteiger partial charge in [-0.1, -0.05) is 36.2 Å². The maximum Gasteiger partial charge on any atom is 0.127 e. The number of hydrogen-bond donors (Lipinski definition) is 1. The van der Waals surface area contributed by atoms with E-state index in [4.69, 9.17) is 23.2 Å². The van der Waals surface area contributed by atoms with Crippen LogP contribution in [0.5, 0.6) is 0 Å². The van der Waals surface area contributed by atoms with Gasteiger partial charge in [0.15, 0.2) is 0 Å². The Bertz CT molecular complexity index is 655. The van der Waals surface area contributed by atoms with Crippen molar-refractivity contribution in [3.63, 3.8) is 0 Å². The van der Waals surface area contributed by atoms with Gasteiger partial charge in [-0.3, -0.25) is 0 Å². The van der Waals surface area contributed by atoms with Crippen LogP contribution in [0.4, 0.5) is 4.39 Å². The number of aryl methyl sites for hydroxylation is 2. The normalized spacial score (nSPS) is 12.5. The predicted octanol–water partition coefficient (Wildman–Crippen LogP) is 5.45. The third-order valence-electron chi connectivity index (χ3n) is 3.55. The molecule has 0 saturated heterocycles. The maximum atomic E-state index is 13.6. The van der Waals surface area contributed by atoms with E-state index in [2.05, 4.69) is 5.32 Å². The fraction of sp³-hybridized carbons (Fsp3) is 0.294. The molecule has 1 atom stereocenters. The van der Waals surface area contributed by atoms with Crippen molar-refractivity contribution >= 4 is 23.2 Å². The Morgan fingerprint density at radius 1 is 1.05 bits per heavy atom. The largest absolute Gasteiger partial charge is 0.306 e. The summed E-state index contributed by atoms with van der Waals surface area (Å²) in [5.41, 5.74) is 3.61. The van der Waals surface area contributed by atoms with E-state index >= 15 is 0 Å². The van der Waals surface area contributed by atoms with Crippen LogP contribution in [0.25, 0.3) is 0 Å². The first-order valence-electron chi connectivity index (χ1n) is 6.89. The van der Waals surface area contributed by atoms with E-state index in [0.717, 1.165) is 23.2 Å². The quantitative estimate of drug-likeness (QED) is 0.788. The van der Waals surface area contributed by atoms with Gasteiger partial charge in [0.1, 0.15) is 5.82 Å². The van der Waals surface area contributed by atoms with Gasteiger partial charge in [0.25, 0.3) is 0 Å². The zero-order chi connectivity index (χ0) is 15.6. The second-order valence-electron chi connectivity index (χ2n) is 5.11. The summed E-state index contributed by atoms with van der Waals surface area (Å²) in [7, 11) is 0. The Morgan fingerprint density at radius 3 is 2.43 bits per heavy atom. The zero-order valence-corrected chi connectivity index (χ0v) is 13.8. The smallest absolute Gasteiger partial charge is 0.127 e. The van der Waals surface area contributed by atoms with Gasteiger partial charge >= 0.3 is 0 Å². The summed E-state index contributed by atoms with van der Waals surface area (Å²) in [6.07, 6.45) is 0. The van der Waals surface area contributed by atoms with E-state index in [-0.39, 0.29) is 11.9 Å². The van der Waals surface area contributed by atoms with Crippen LogP contribution in [-0.4, -0.2) is 6.54 Å². The molecule has 1 nitrogen and oxygen atoms in total. The first-order valence-corrected chi connectivity index (χ1v) is 7.64. The highest BCUT2D eigenvalue weighted by Gasteiger charge is 2.19. The summed E-state index contributed by atoms with van der Waals surface area (Å²) in [4.78, 5) is 0. The number of benzene rings is 2. The summed E-state index contributed by atoms with van der Waals surface area (Å²) < 4.78 is 13.6. The lowest BCUT2D eigenvalue weighted by Crippen LogP contribution is -2.23. The van der Waals surface area contributed by atoms with E-state index in [1.165, 1.54) is 6.07 Å². The average molecular weight is 326 g/mol. The summed E-state index contributed by atoms with van der Waals surface area (Å²) in [6, 6.07) is 8.83. The standard InChI is InChI=1S/C17H18Cl2FN/c1-4-21-17(13-8-12(18)6-5-10(13)2)14-7-11(3)16(20)9-15(14)19/h5-9,17,21H,4H2,1-3H3. The first-order chi connectivity index (χ1) is 9.93. The highest BCUT2D eigenvalue weighted by atomic mass is 35.5. The Labute approximate surface area is 135 Å². The van der Waals surface area contributed by atoms with Gasteiger partial charge in [0, 0.05) is 10.0 Å². The minimum Gasteiger partial charge on any atom is -0.306 e. The van der Waals surface area contributed by atoms with Gasteiger partial charge in [-0.05, 0) is 66.9 Å². The Balaban J connectivity index is 2.58. The summed E-state index contributed by atoms with van der Waals surface area (Å²) >= 11 is 12.4. The molecule has 0 bridgehead atoms. The van der Waals surface area contributed by atoms with Crippen molar-refractivity contribution < 1.29 is 4.39 Å². The lowest BCUT2D eigenvalue weighted by molar-refractivity contribution is 0.605. The Kier molecular flexibility index (Phi) is 5.26. The van der Waals surface area contributed by atoms with E-state index in [0.29, 0.717) is 15.6 Å². The molecule has 1 unspecified atom stereocenters. The summed E-state index contributed by atoms with van der Waals surface area (Å²) in [6.45, 7) is 6.56. The van der Waals surface area contributed by atoms with Crippen molar-refractivity contribution in [2.24, 2.45) is 0 Å². The molecule has 1 N–H and O–H groups in total. The summed E-state index contributed by atoms with van der Waals surface area (Å²) in [5, 5.41) is 4.50. The molecule has 0 amide bonds. The lowest BCUT2D eigenvalue weighted by Gasteiger charge is -2.23. The Morgan fingerprint density at radius 2 is 1.76 bits per heavy atom. The van der Waals surface area contributed by atoms with Crippen molar-refractivity contribution in [1.29, 1.82) is 0 Å². The fourth-order valence-corrected chi connectivity index (χ4v) is 2.85. The third kappa shape index (κ3) is 3.57. The van der Waals surface area contributed by atoms with Crippen molar-refractivity contribution in [3.05, 3.63) is 68.4 Å². The molecule has 0 saturated carbocycles. The monoisotopic (exact) mass is 325 g/mol. The minimum absolute atomic E-state index is 0.111. The van der Waals surface area contributed by atoms with Crippen LogP contribution in [0.3, 0.4) is 0 Å². The van der Waals surface area contributed by atoms with Crippen molar-refractivity contribution in [2.75, 3.05) is 6.54 Å². The SMILES string of the molecule is CCNC(c1cc(Cl)ccc1C)c1cc(C)c(F)cc1Cl. The number of halogens is 3. The highest BCUT2D eigenvalue weighted by molar-refractivity contribution is 6.31. The van der Waals surface area contributed by atoms with Crippen molar-refractivity contribution in [1.82, 2.24) is 5.32 Å². The van der Waals surface area contributed by atoms with Gasteiger partial charge in [-0.25, -0.2) is 4.39 Å². The molecule has 0 aromatic heterocycles. The van der Waals surface area contributed by atoms with Gasteiger partial charge in [-0.15, -0.1) is 0 Å². The van der Waals surface area contributed by atoms with Crippen LogP contribution in [0.1, 0.15) is 35.2 Å². The molecule has 2 aromatic carbocycles. The van der Waals surface area contributed by atoms with Crippen LogP contribution in [0, 0.1) is 19.7 Å². The van der Waals surface area contributed by atoms with E-state index < -0.39 is 0 Å². The zero-order valence-electron chi connectivity index (χ0n) is 12.3. The topological polar surface area (TPSA) is 12.0 Å². The molecule has 0 heterocycles. The first kappa shape index (κ1) is 16.3. The molecule has 4 heteroatoms. The van der Waals surface area contributed by atoms with Crippen molar-refractivity contribution in [2.45, 2.75) is 26.8 Å². The number of rotatable bonds is 4. The third-order valence-corrected chi connectivity index (χ3v) is 4.11. The fourth-order valence-electron chi connectivity index (χ4n) is 2.41. The van der Waals surface area contributed by atoms with Crippen LogP contribution in [-0.2, 0) is 0 Å². The van der Waals surface area contributed by atoms with Gasteiger partial charge in [-0.2, -0.15) is 0 Å². The molecule has 0 aliphatic heterocycles. The molecular weight excluding hydrogens is 308 g/mol. The van der Waals surface area contributed by atoms with Crippen LogP contribution >= 0.6 is 23.2 Å². The van der Waals surface area contributed by atoms with Crippen LogP contribution in [0.15, 0.2) is 30.3 Å². The molecule has 0 fully saturated rings.